The van der Waals surface area contributed by atoms with Gasteiger partial charge in [-0.05, 0) is 34.8 Å². The van der Waals surface area contributed by atoms with Gasteiger partial charge >= 0.3 is 0 Å². The summed E-state index contributed by atoms with van der Waals surface area (Å²) in [6.45, 7) is 1.34. The second kappa shape index (κ2) is 5.38. The van der Waals surface area contributed by atoms with Gasteiger partial charge in [0.2, 0.25) is 0 Å². The summed E-state index contributed by atoms with van der Waals surface area (Å²) in [5.74, 6) is 0.957. The zero-order chi connectivity index (χ0) is 13.1. The van der Waals surface area contributed by atoms with Crippen LogP contribution in [0.1, 0.15) is 11.1 Å². The predicted molar refractivity (Wildman–Crippen MR) is 81.3 cm³/mol. The van der Waals surface area contributed by atoms with Crippen LogP contribution in [0.15, 0.2) is 48.5 Å². The van der Waals surface area contributed by atoms with Crippen molar-refractivity contribution >= 4 is 27.4 Å². The maximum atomic E-state index is 5.65. The van der Waals surface area contributed by atoms with E-state index >= 15 is 0 Å². The van der Waals surface area contributed by atoms with Crippen molar-refractivity contribution in [2.45, 2.75) is 13.1 Å². The van der Waals surface area contributed by atoms with Gasteiger partial charge in [0.15, 0.2) is 0 Å². The van der Waals surface area contributed by atoms with Gasteiger partial charge in [-0.3, -0.25) is 0 Å². The summed E-state index contributed by atoms with van der Waals surface area (Å²) in [5.41, 5.74) is 8.03. The average molecular weight is 269 g/mol. The smallest absolute Gasteiger partial charge is 0.147 e. The van der Waals surface area contributed by atoms with Gasteiger partial charge < -0.3 is 11.1 Å². The molecule has 96 valence electrons. The van der Waals surface area contributed by atoms with Crippen molar-refractivity contribution in [1.82, 2.24) is 4.37 Å². The highest BCUT2D eigenvalue weighted by Gasteiger charge is 2.04. The Morgan fingerprint density at radius 3 is 2.79 bits per heavy atom. The predicted octanol–water partition coefficient (Wildman–Crippen LogP) is 3.37. The molecular weight excluding hydrogens is 254 g/mol. The Hall–Kier alpha value is -1.91. The van der Waals surface area contributed by atoms with Gasteiger partial charge in [-0.15, -0.1) is 0 Å². The van der Waals surface area contributed by atoms with Gasteiger partial charge in [0.1, 0.15) is 5.82 Å². The Morgan fingerprint density at radius 1 is 1.05 bits per heavy atom. The van der Waals surface area contributed by atoms with Gasteiger partial charge in [-0.2, -0.15) is 4.37 Å². The number of nitrogens with one attached hydrogen (secondary N) is 1. The minimum absolute atomic E-state index is 0.577. The van der Waals surface area contributed by atoms with Crippen molar-refractivity contribution in [3.05, 3.63) is 59.7 Å². The Morgan fingerprint density at radius 2 is 1.89 bits per heavy atom. The third-order valence-corrected chi connectivity index (χ3v) is 3.89. The third-order valence-electron chi connectivity index (χ3n) is 3.06. The molecule has 19 heavy (non-hydrogen) atoms. The van der Waals surface area contributed by atoms with E-state index < -0.39 is 0 Å². The number of nitrogens with zero attached hydrogens (tertiary/aromatic N) is 1. The van der Waals surface area contributed by atoms with E-state index in [1.807, 2.05) is 24.3 Å². The van der Waals surface area contributed by atoms with E-state index in [2.05, 4.69) is 34.0 Å². The molecule has 2 aromatic carbocycles. The molecule has 3 aromatic rings. The van der Waals surface area contributed by atoms with Crippen molar-refractivity contribution in [1.29, 1.82) is 0 Å². The largest absolute Gasteiger partial charge is 0.365 e. The molecule has 0 saturated heterocycles. The summed E-state index contributed by atoms with van der Waals surface area (Å²) in [6.07, 6.45) is 0. The molecule has 0 unspecified atom stereocenters. The highest BCUT2D eigenvalue weighted by molar-refractivity contribution is 7.13. The normalized spacial score (nSPS) is 10.8. The summed E-state index contributed by atoms with van der Waals surface area (Å²) in [7, 11) is 0. The van der Waals surface area contributed by atoms with Gasteiger partial charge in [0.25, 0.3) is 0 Å². The van der Waals surface area contributed by atoms with E-state index in [4.69, 9.17) is 5.73 Å². The number of hydrogen-bond donors (Lipinski definition) is 2. The van der Waals surface area contributed by atoms with Crippen LogP contribution in [0.2, 0.25) is 0 Å². The molecule has 1 aromatic heterocycles. The van der Waals surface area contributed by atoms with Crippen LogP contribution < -0.4 is 11.1 Å². The molecule has 0 spiro atoms. The maximum Gasteiger partial charge on any atom is 0.147 e. The van der Waals surface area contributed by atoms with E-state index in [-0.39, 0.29) is 0 Å². The van der Waals surface area contributed by atoms with Crippen molar-refractivity contribution in [3.63, 3.8) is 0 Å². The molecule has 0 bridgehead atoms. The maximum absolute atomic E-state index is 5.65. The molecule has 3 nitrogen and oxygen atoms in total. The first-order chi connectivity index (χ1) is 9.36. The summed E-state index contributed by atoms with van der Waals surface area (Å²) in [6, 6.07) is 16.6. The number of aromatic nitrogens is 1. The van der Waals surface area contributed by atoms with Crippen LogP contribution in [-0.2, 0) is 13.1 Å². The topological polar surface area (TPSA) is 50.9 Å². The second-order valence-electron chi connectivity index (χ2n) is 4.40. The third kappa shape index (κ3) is 2.59. The average Bonchev–Trinajstić information content (AvgIpc) is 2.89. The second-order valence-corrected chi connectivity index (χ2v) is 5.21. The lowest BCUT2D eigenvalue weighted by molar-refractivity contribution is 1.05. The van der Waals surface area contributed by atoms with Gasteiger partial charge in [-0.25, -0.2) is 0 Å². The fourth-order valence-corrected chi connectivity index (χ4v) is 2.82. The van der Waals surface area contributed by atoms with Crippen molar-refractivity contribution < 1.29 is 0 Å². The zero-order valence-corrected chi connectivity index (χ0v) is 11.3. The Bertz CT molecular complexity index is 690. The molecule has 0 radical (unpaired) electrons. The van der Waals surface area contributed by atoms with E-state index in [0.29, 0.717) is 6.54 Å². The van der Waals surface area contributed by atoms with Crippen molar-refractivity contribution in [2.24, 2.45) is 5.73 Å². The molecule has 1 heterocycles. The number of hydrogen-bond acceptors (Lipinski definition) is 4. The molecule has 3 N–H and O–H groups in total. The molecule has 0 aliphatic rings. The number of benzene rings is 2. The van der Waals surface area contributed by atoms with Crippen molar-refractivity contribution in [2.75, 3.05) is 5.32 Å². The fraction of sp³-hybridized carbons (Fsp3) is 0.133. The molecule has 0 atom stereocenters. The number of anilines is 1. The van der Waals surface area contributed by atoms with Gasteiger partial charge in [0.05, 0.1) is 4.70 Å². The van der Waals surface area contributed by atoms with E-state index in [0.717, 1.165) is 17.9 Å². The first kappa shape index (κ1) is 12.1. The Balaban J connectivity index is 1.78. The molecule has 0 aliphatic heterocycles. The van der Waals surface area contributed by atoms with Crippen LogP contribution >= 0.6 is 11.5 Å². The van der Waals surface area contributed by atoms with Crippen LogP contribution in [0.5, 0.6) is 0 Å². The zero-order valence-electron chi connectivity index (χ0n) is 10.5. The monoisotopic (exact) mass is 269 g/mol. The Kier molecular flexibility index (Phi) is 3.44. The number of fused-ring (bicyclic) bond motifs is 1. The molecule has 3 rings (SSSR count). The van der Waals surface area contributed by atoms with Crippen molar-refractivity contribution in [3.8, 4) is 0 Å². The Labute approximate surface area is 116 Å². The molecule has 0 amide bonds. The highest BCUT2D eigenvalue weighted by atomic mass is 32.1. The van der Waals surface area contributed by atoms with Crippen LogP contribution in [0.25, 0.3) is 10.1 Å². The summed E-state index contributed by atoms with van der Waals surface area (Å²) in [5, 5.41) is 4.58. The van der Waals surface area contributed by atoms with Gasteiger partial charge in [0, 0.05) is 18.5 Å². The molecular formula is C15H15N3S. The summed E-state index contributed by atoms with van der Waals surface area (Å²) >= 11 is 1.52. The van der Waals surface area contributed by atoms with Crippen LogP contribution in [0, 0.1) is 0 Å². The standard InChI is InChI=1S/C15H15N3S/c16-9-11-4-3-5-12(8-11)10-17-15-13-6-1-2-7-14(13)19-18-15/h1-8H,9-10,16H2,(H,17,18). The van der Waals surface area contributed by atoms with E-state index in [1.165, 1.54) is 27.2 Å². The summed E-state index contributed by atoms with van der Waals surface area (Å²) < 4.78 is 5.67. The van der Waals surface area contributed by atoms with Gasteiger partial charge in [-0.1, -0.05) is 36.4 Å². The first-order valence-electron chi connectivity index (χ1n) is 6.23. The highest BCUT2D eigenvalue weighted by Crippen LogP contribution is 2.26. The first-order valence-corrected chi connectivity index (χ1v) is 7.00. The molecule has 4 heteroatoms. The lowest BCUT2D eigenvalue weighted by Crippen LogP contribution is -2.02. The lowest BCUT2D eigenvalue weighted by Gasteiger charge is -2.05. The lowest BCUT2D eigenvalue weighted by atomic mass is 10.1. The number of rotatable bonds is 4. The van der Waals surface area contributed by atoms with Crippen LogP contribution in [0.3, 0.4) is 0 Å². The number of nitrogens with two attached hydrogens (primary N) is 1. The quantitative estimate of drug-likeness (QED) is 0.763. The molecule has 0 aliphatic carbocycles. The fourth-order valence-electron chi connectivity index (χ4n) is 2.07. The van der Waals surface area contributed by atoms with Crippen LogP contribution in [0.4, 0.5) is 5.82 Å². The van der Waals surface area contributed by atoms with Crippen LogP contribution in [-0.4, -0.2) is 4.37 Å². The van der Waals surface area contributed by atoms with E-state index in [9.17, 15) is 0 Å². The minimum atomic E-state index is 0.577. The summed E-state index contributed by atoms with van der Waals surface area (Å²) in [4.78, 5) is 0. The minimum Gasteiger partial charge on any atom is -0.365 e. The SMILES string of the molecule is NCc1cccc(CNc2nsc3ccccc23)c1. The molecule has 0 fully saturated rings. The van der Waals surface area contributed by atoms with E-state index in [1.54, 1.807) is 0 Å². The molecule has 0 saturated carbocycles.